The highest BCUT2D eigenvalue weighted by Crippen LogP contribution is 2.22. The number of nitrogens with zero attached hydrogens (tertiary/aromatic N) is 1. The van der Waals surface area contributed by atoms with Gasteiger partial charge in [-0.05, 0) is 42.8 Å². The standard InChI is InChI=1S/C15H16FN3O2/c1-15(18,14(17)20)7-10-6-13(9-19-8-10)21-12-4-2-11(16)3-5-12/h2-6,8-9H,7,18H2,1H3,(H2,17,20)/t15-/m1/s1. The van der Waals surface area contributed by atoms with E-state index < -0.39 is 11.4 Å². The molecule has 0 aliphatic heterocycles. The average Bonchev–Trinajstić information content (AvgIpc) is 2.41. The number of ether oxygens (including phenoxy) is 1. The summed E-state index contributed by atoms with van der Waals surface area (Å²) in [6.07, 6.45) is 3.35. The van der Waals surface area contributed by atoms with Gasteiger partial charge in [0.25, 0.3) is 0 Å². The van der Waals surface area contributed by atoms with Gasteiger partial charge in [-0.2, -0.15) is 0 Å². The Labute approximate surface area is 121 Å². The summed E-state index contributed by atoms with van der Waals surface area (Å²) in [5, 5.41) is 0. The molecule has 1 aromatic carbocycles. The second-order valence-electron chi connectivity index (χ2n) is 5.04. The Kier molecular flexibility index (Phi) is 4.18. The van der Waals surface area contributed by atoms with Gasteiger partial charge in [0.1, 0.15) is 17.3 Å². The van der Waals surface area contributed by atoms with Crippen molar-refractivity contribution < 1.29 is 13.9 Å². The van der Waals surface area contributed by atoms with Gasteiger partial charge in [-0.25, -0.2) is 4.39 Å². The minimum Gasteiger partial charge on any atom is -0.456 e. The van der Waals surface area contributed by atoms with Crippen LogP contribution >= 0.6 is 0 Å². The molecule has 0 saturated carbocycles. The van der Waals surface area contributed by atoms with Crippen molar-refractivity contribution >= 4 is 5.91 Å². The molecule has 6 heteroatoms. The summed E-state index contributed by atoms with van der Waals surface area (Å²) >= 11 is 0. The van der Waals surface area contributed by atoms with Crippen LogP contribution < -0.4 is 16.2 Å². The number of amides is 1. The number of halogens is 1. The van der Waals surface area contributed by atoms with E-state index in [9.17, 15) is 9.18 Å². The van der Waals surface area contributed by atoms with E-state index >= 15 is 0 Å². The molecule has 5 nitrogen and oxygen atoms in total. The second-order valence-corrected chi connectivity index (χ2v) is 5.04. The van der Waals surface area contributed by atoms with Crippen LogP contribution in [0.4, 0.5) is 4.39 Å². The Balaban J connectivity index is 2.14. The van der Waals surface area contributed by atoms with Crippen LogP contribution in [0.2, 0.25) is 0 Å². The largest absolute Gasteiger partial charge is 0.456 e. The van der Waals surface area contributed by atoms with Crippen molar-refractivity contribution in [3.05, 3.63) is 54.1 Å². The molecule has 1 aromatic heterocycles. The van der Waals surface area contributed by atoms with Crippen molar-refractivity contribution in [1.29, 1.82) is 0 Å². The third kappa shape index (κ3) is 4.00. The summed E-state index contributed by atoms with van der Waals surface area (Å²) in [6, 6.07) is 7.34. The fraction of sp³-hybridized carbons (Fsp3) is 0.200. The maximum absolute atomic E-state index is 12.8. The molecule has 0 radical (unpaired) electrons. The smallest absolute Gasteiger partial charge is 0.237 e. The zero-order valence-electron chi connectivity index (χ0n) is 11.5. The normalized spacial score (nSPS) is 13.5. The predicted molar refractivity (Wildman–Crippen MR) is 76.2 cm³/mol. The van der Waals surface area contributed by atoms with Crippen LogP contribution in [0.15, 0.2) is 42.7 Å². The lowest BCUT2D eigenvalue weighted by atomic mass is 9.94. The van der Waals surface area contributed by atoms with E-state index in [0.29, 0.717) is 11.5 Å². The Bertz CT molecular complexity index is 642. The van der Waals surface area contributed by atoms with Crippen LogP contribution in [0.3, 0.4) is 0 Å². The summed E-state index contributed by atoms with van der Waals surface area (Å²) in [4.78, 5) is 15.3. The third-order valence-corrected chi connectivity index (χ3v) is 2.95. The summed E-state index contributed by atoms with van der Waals surface area (Å²) in [7, 11) is 0. The molecular weight excluding hydrogens is 273 g/mol. The molecule has 2 rings (SSSR count). The molecular formula is C15H16FN3O2. The SMILES string of the molecule is C[C@@](N)(Cc1cncc(Oc2ccc(F)cc2)c1)C(N)=O. The first kappa shape index (κ1) is 14.9. The number of nitrogens with two attached hydrogens (primary N) is 2. The summed E-state index contributed by atoms with van der Waals surface area (Å²) < 4.78 is 18.4. The second kappa shape index (κ2) is 5.88. The molecule has 110 valence electrons. The lowest BCUT2D eigenvalue weighted by Gasteiger charge is -2.20. The molecule has 0 spiro atoms. The molecule has 4 N–H and O–H groups in total. The van der Waals surface area contributed by atoms with Crippen molar-refractivity contribution in [2.24, 2.45) is 11.5 Å². The quantitative estimate of drug-likeness (QED) is 0.877. The van der Waals surface area contributed by atoms with Gasteiger partial charge in [-0.3, -0.25) is 9.78 Å². The first-order chi connectivity index (χ1) is 9.87. The first-order valence-corrected chi connectivity index (χ1v) is 6.33. The maximum Gasteiger partial charge on any atom is 0.237 e. The molecule has 0 aliphatic carbocycles. The topological polar surface area (TPSA) is 91.2 Å². The fourth-order valence-corrected chi connectivity index (χ4v) is 1.77. The van der Waals surface area contributed by atoms with Crippen LogP contribution in [0.5, 0.6) is 11.5 Å². The van der Waals surface area contributed by atoms with Crippen molar-refractivity contribution in [3.8, 4) is 11.5 Å². The van der Waals surface area contributed by atoms with E-state index in [2.05, 4.69) is 4.98 Å². The number of primary amides is 1. The third-order valence-electron chi connectivity index (χ3n) is 2.95. The molecule has 21 heavy (non-hydrogen) atoms. The fourth-order valence-electron chi connectivity index (χ4n) is 1.77. The monoisotopic (exact) mass is 289 g/mol. The van der Waals surface area contributed by atoms with Gasteiger partial charge in [0.2, 0.25) is 5.91 Å². The molecule has 0 aliphatic rings. The number of carbonyl (C=O) groups is 1. The molecule has 0 bridgehead atoms. The minimum atomic E-state index is -1.16. The van der Waals surface area contributed by atoms with E-state index in [0.717, 1.165) is 5.56 Å². The Morgan fingerprint density at radius 3 is 2.57 bits per heavy atom. The average molecular weight is 289 g/mol. The van der Waals surface area contributed by atoms with Crippen LogP contribution in [-0.4, -0.2) is 16.4 Å². The zero-order chi connectivity index (χ0) is 15.5. The van der Waals surface area contributed by atoms with Crippen LogP contribution in [0, 0.1) is 5.82 Å². The summed E-state index contributed by atoms with van der Waals surface area (Å²) in [6.45, 7) is 1.56. The van der Waals surface area contributed by atoms with Crippen LogP contribution in [0.1, 0.15) is 12.5 Å². The molecule has 1 amide bonds. The van der Waals surface area contributed by atoms with Crippen molar-refractivity contribution in [1.82, 2.24) is 4.98 Å². The highest BCUT2D eigenvalue weighted by molar-refractivity contribution is 5.84. The maximum atomic E-state index is 12.8. The van der Waals surface area contributed by atoms with Gasteiger partial charge in [0, 0.05) is 12.6 Å². The first-order valence-electron chi connectivity index (χ1n) is 6.33. The number of hydrogen-bond donors (Lipinski definition) is 2. The lowest BCUT2D eigenvalue weighted by Crippen LogP contribution is -2.51. The van der Waals surface area contributed by atoms with Crippen molar-refractivity contribution in [2.75, 3.05) is 0 Å². The Hall–Kier alpha value is -2.47. The Morgan fingerprint density at radius 2 is 1.95 bits per heavy atom. The number of pyridine rings is 1. The predicted octanol–water partition coefficient (Wildman–Crippen LogP) is 1.76. The van der Waals surface area contributed by atoms with E-state index in [1.165, 1.54) is 30.5 Å². The highest BCUT2D eigenvalue weighted by atomic mass is 19.1. The van der Waals surface area contributed by atoms with E-state index in [4.69, 9.17) is 16.2 Å². The van der Waals surface area contributed by atoms with Gasteiger partial charge in [0.15, 0.2) is 0 Å². The number of rotatable bonds is 5. The van der Waals surface area contributed by atoms with Crippen LogP contribution in [-0.2, 0) is 11.2 Å². The lowest BCUT2D eigenvalue weighted by molar-refractivity contribution is -0.122. The molecule has 0 fully saturated rings. The van der Waals surface area contributed by atoms with Crippen molar-refractivity contribution in [3.63, 3.8) is 0 Å². The molecule has 0 saturated heterocycles. The van der Waals surface area contributed by atoms with Gasteiger partial charge < -0.3 is 16.2 Å². The highest BCUT2D eigenvalue weighted by Gasteiger charge is 2.26. The summed E-state index contributed by atoms with van der Waals surface area (Å²) in [5.41, 5.74) is 10.6. The number of benzene rings is 1. The Morgan fingerprint density at radius 1 is 1.29 bits per heavy atom. The number of hydrogen-bond acceptors (Lipinski definition) is 4. The molecule has 1 heterocycles. The van der Waals surface area contributed by atoms with E-state index in [-0.39, 0.29) is 12.2 Å². The number of carbonyl (C=O) groups excluding carboxylic acids is 1. The van der Waals surface area contributed by atoms with E-state index in [1.807, 2.05) is 0 Å². The number of aromatic nitrogens is 1. The van der Waals surface area contributed by atoms with Gasteiger partial charge >= 0.3 is 0 Å². The van der Waals surface area contributed by atoms with Crippen molar-refractivity contribution in [2.45, 2.75) is 18.9 Å². The zero-order valence-corrected chi connectivity index (χ0v) is 11.5. The van der Waals surface area contributed by atoms with Gasteiger partial charge in [-0.1, -0.05) is 0 Å². The summed E-state index contributed by atoms with van der Waals surface area (Å²) in [5.74, 6) is 0.0297. The minimum absolute atomic E-state index is 0.246. The molecule has 0 unspecified atom stereocenters. The van der Waals surface area contributed by atoms with Gasteiger partial charge in [-0.15, -0.1) is 0 Å². The van der Waals surface area contributed by atoms with E-state index in [1.54, 1.807) is 19.2 Å². The van der Waals surface area contributed by atoms with Crippen LogP contribution in [0.25, 0.3) is 0 Å². The molecule has 1 atom stereocenters. The molecule has 2 aromatic rings. The van der Waals surface area contributed by atoms with Gasteiger partial charge in [0.05, 0.1) is 11.7 Å².